The van der Waals surface area contributed by atoms with Crippen LogP contribution in [0.1, 0.15) is 62.4 Å². The molecule has 1 aromatic heterocycles. The summed E-state index contributed by atoms with van der Waals surface area (Å²) in [6.07, 6.45) is 8.79. The van der Waals surface area contributed by atoms with Gasteiger partial charge >= 0.3 is 0 Å². The zero-order chi connectivity index (χ0) is 16.1. The highest BCUT2D eigenvalue weighted by atomic mass is 16.2. The average Bonchev–Trinajstić information content (AvgIpc) is 3.32. The first-order chi connectivity index (χ1) is 11.2. The molecule has 4 nitrogen and oxygen atoms in total. The van der Waals surface area contributed by atoms with Crippen LogP contribution in [0.25, 0.3) is 0 Å². The van der Waals surface area contributed by atoms with Gasteiger partial charge in [0, 0.05) is 5.69 Å². The zero-order valence-corrected chi connectivity index (χ0v) is 14.3. The second-order valence-electron chi connectivity index (χ2n) is 7.13. The molecule has 2 heterocycles. The van der Waals surface area contributed by atoms with Crippen molar-refractivity contribution in [2.45, 2.75) is 57.9 Å². The molecule has 2 aliphatic rings. The third-order valence-electron chi connectivity index (χ3n) is 4.95. The molecule has 0 radical (unpaired) electrons. The summed E-state index contributed by atoms with van der Waals surface area (Å²) in [6, 6.07) is 6.19. The third-order valence-corrected chi connectivity index (χ3v) is 4.95. The van der Waals surface area contributed by atoms with E-state index < -0.39 is 0 Å². The Morgan fingerprint density at radius 3 is 2.57 bits per heavy atom. The molecule has 1 saturated carbocycles. The summed E-state index contributed by atoms with van der Waals surface area (Å²) in [4.78, 5) is 19.5. The van der Waals surface area contributed by atoms with E-state index in [1.54, 1.807) is 0 Å². The number of carbonyl (C=O) groups is 1. The number of aryl methyl sites for hydroxylation is 1. The lowest BCUT2D eigenvalue weighted by molar-refractivity contribution is -0.123. The minimum atomic E-state index is 0.0946. The summed E-state index contributed by atoms with van der Waals surface area (Å²) < 4.78 is 0. The minimum absolute atomic E-state index is 0.0946. The quantitative estimate of drug-likeness (QED) is 0.907. The Labute approximate surface area is 139 Å². The third kappa shape index (κ3) is 5.03. The molecule has 0 unspecified atom stereocenters. The molecule has 4 heteroatoms. The van der Waals surface area contributed by atoms with Crippen molar-refractivity contribution in [3.8, 4) is 0 Å². The van der Waals surface area contributed by atoms with Crippen molar-refractivity contribution in [3.05, 3.63) is 29.6 Å². The Hall–Kier alpha value is -1.42. The smallest absolute Gasteiger partial charge is 0.234 e. The molecule has 23 heavy (non-hydrogen) atoms. The fourth-order valence-electron chi connectivity index (χ4n) is 3.49. The first kappa shape index (κ1) is 16.4. The lowest BCUT2D eigenvalue weighted by atomic mass is 10.1. The normalized spacial score (nSPS) is 21.3. The number of hydrogen-bond donors (Lipinski definition) is 1. The fraction of sp³-hybridized carbons (Fsp3) is 0.684. The van der Waals surface area contributed by atoms with Gasteiger partial charge in [0.05, 0.1) is 18.3 Å². The summed E-state index contributed by atoms with van der Waals surface area (Å²) in [7, 11) is 0. The first-order valence-electron chi connectivity index (χ1n) is 9.17. The number of hydrogen-bond acceptors (Lipinski definition) is 3. The molecule has 3 rings (SSSR count). The van der Waals surface area contributed by atoms with Gasteiger partial charge in [0.1, 0.15) is 0 Å². The first-order valence-corrected chi connectivity index (χ1v) is 9.17. The molecule has 1 amide bonds. The fourth-order valence-corrected chi connectivity index (χ4v) is 3.49. The van der Waals surface area contributed by atoms with E-state index in [-0.39, 0.29) is 11.9 Å². The maximum absolute atomic E-state index is 12.5. The van der Waals surface area contributed by atoms with E-state index in [9.17, 15) is 4.79 Å². The Balaban J connectivity index is 1.58. The number of nitrogens with one attached hydrogen (secondary N) is 1. The number of rotatable bonds is 5. The van der Waals surface area contributed by atoms with Gasteiger partial charge in [0.2, 0.25) is 5.91 Å². The van der Waals surface area contributed by atoms with Crippen molar-refractivity contribution < 1.29 is 4.79 Å². The summed E-state index contributed by atoms with van der Waals surface area (Å²) >= 11 is 0. The molecule has 2 fully saturated rings. The second-order valence-corrected chi connectivity index (χ2v) is 7.13. The van der Waals surface area contributed by atoms with Crippen LogP contribution in [-0.4, -0.2) is 35.4 Å². The zero-order valence-electron chi connectivity index (χ0n) is 14.3. The molecule has 1 atom stereocenters. The Morgan fingerprint density at radius 1 is 1.22 bits per heavy atom. The van der Waals surface area contributed by atoms with Gasteiger partial charge in [-0.05, 0) is 63.7 Å². The molecule has 1 aliphatic heterocycles. The van der Waals surface area contributed by atoms with Crippen molar-refractivity contribution in [1.29, 1.82) is 0 Å². The Bertz CT molecular complexity index is 519. The molecule has 0 bridgehead atoms. The van der Waals surface area contributed by atoms with Gasteiger partial charge in [-0.3, -0.25) is 14.7 Å². The molecule has 0 spiro atoms. The number of pyridine rings is 1. The minimum Gasteiger partial charge on any atom is -0.346 e. The molecular weight excluding hydrogens is 286 g/mol. The van der Waals surface area contributed by atoms with Crippen LogP contribution in [0.3, 0.4) is 0 Å². The molecule has 1 saturated heterocycles. The van der Waals surface area contributed by atoms with Gasteiger partial charge in [0.15, 0.2) is 0 Å². The van der Waals surface area contributed by atoms with Gasteiger partial charge in [-0.15, -0.1) is 0 Å². The lowest BCUT2D eigenvalue weighted by Gasteiger charge is -2.25. The van der Waals surface area contributed by atoms with Crippen LogP contribution < -0.4 is 5.32 Å². The van der Waals surface area contributed by atoms with E-state index in [4.69, 9.17) is 0 Å². The molecule has 0 aromatic carbocycles. The highest BCUT2D eigenvalue weighted by Crippen LogP contribution is 2.40. The lowest BCUT2D eigenvalue weighted by Crippen LogP contribution is -2.40. The summed E-state index contributed by atoms with van der Waals surface area (Å²) in [5.74, 6) is 0.728. The number of carbonyl (C=O) groups excluding carboxylic acids is 1. The van der Waals surface area contributed by atoms with Crippen LogP contribution in [0.5, 0.6) is 0 Å². The van der Waals surface area contributed by atoms with Crippen molar-refractivity contribution in [3.63, 3.8) is 0 Å². The van der Waals surface area contributed by atoms with E-state index in [2.05, 4.69) is 15.2 Å². The average molecular weight is 315 g/mol. The number of likely N-dealkylation sites (tertiary alicyclic amines) is 1. The van der Waals surface area contributed by atoms with Crippen LogP contribution in [-0.2, 0) is 4.79 Å². The van der Waals surface area contributed by atoms with Crippen LogP contribution in [0.4, 0.5) is 0 Å². The van der Waals surface area contributed by atoms with Gasteiger partial charge in [-0.2, -0.15) is 0 Å². The van der Waals surface area contributed by atoms with Crippen LogP contribution in [0, 0.1) is 12.8 Å². The monoisotopic (exact) mass is 315 g/mol. The Morgan fingerprint density at radius 2 is 1.91 bits per heavy atom. The molecule has 1 aromatic rings. The van der Waals surface area contributed by atoms with Gasteiger partial charge in [-0.25, -0.2) is 0 Å². The van der Waals surface area contributed by atoms with E-state index >= 15 is 0 Å². The van der Waals surface area contributed by atoms with Gasteiger partial charge in [-0.1, -0.05) is 25.3 Å². The standard InChI is InChI=1S/C19H29N3O/c1-15-8-7-9-17(20-15)19(16-10-11-16)21-18(23)14-22-12-5-3-2-4-6-13-22/h7-9,16,19H,2-6,10-14H2,1H3,(H,21,23)/t19-/m1/s1. The van der Waals surface area contributed by atoms with Crippen LogP contribution in [0.15, 0.2) is 18.2 Å². The number of aromatic nitrogens is 1. The molecule has 1 N–H and O–H groups in total. The highest BCUT2D eigenvalue weighted by molar-refractivity contribution is 5.78. The SMILES string of the molecule is Cc1cccc([C@H](NC(=O)CN2CCCCCCC2)C2CC2)n1. The van der Waals surface area contributed by atoms with E-state index in [1.807, 2.05) is 25.1 Å². The van der Waals surface area contributed by atoms with E-state index in [1.165, 1.54) is 44.9 Å². The molecule has 126 valence electrons. The van der Waals surface area contributed by atoms with Crippen LogP contribution >= 0.6 is 0 Å². The Kier molecular flexibility index (Phi) is 5.65. The molecule has 1 aliphatic carbocycles. The number of nitrogens with zero attached hydrogens (tertiary/aromatic N) is 2. The van der Waals surface area contributed by atoms with Gasteiger partial charge < -0.3 is 5.32 Å². The van der Waals surface area contributed by atoms with E-state index in [0.29, 0.717) is 12.5 Å². The maximum atomic E-state index is 12.5. The van der Waals surface area contributed by atoms with Crippen molar-refractivity contribution >= 4 is 5.91 Å². The number of amides is 1. The van der Waals surface area contributed by atoms with E-state index in [0.717, 1.165) is 24.5 Å². The summed E-state index contributed by atoms with van der Waals surface area (Å²) in [5, 5.41) is 3.26. The predicted molar refractivity (Wildman–Crippen MR) is 92.1 cm³/mol. The molecular formula is C19H29N3O. The van der Waals surface area contributed by atoms with Crippen molar-refractivity contribution in [1.82, 2.24) is 15.2 Å². The topological polar surface area (TPSA) is 45.2 Å². The highest BCUT2D eigenvalue weighted by Gasteiger charge is 2.34. The van der Waals surface area contributed by atoms with Crippen LogP contribution in [0.2, 0.25) is 0 Å². The van der Waals surface area contributed by atoms with Gasteiger partial charge in [0.25, 0.3) is 0 Å². The summed E-state index contributed by atoms with van der Waals surface area (Å²) in [6.45, 7) is 4.67. The maximum Gasteiger partial charge on any atom is 0.234 e. The second kappa shape index (κ2) is 7.91. The summed E-state index contributed by atoms with van der Waals surface area (Å²) in [5.41, 5.74) is 2.04. The van der Waals surface area contributed by atoms with Crippen molar-refractivity contribution in [2.75, 3.05) is 19.6 Å². The predicted octanol–water partition coefficient (Wildman–Crippen LogP) is 3.22. The van der Waals surface area contributed by atoms with Crippen molar-refractivity contribution in [2.24, 2.45) is 5.92 Å². The largest absolute Gasteiger partial charge is 0.346 e.